The molecule has 2 aromatic heterocycles. The van der Waals surface area contributed by atoms with Crippen LogP contribution >= 0.6 is 11.3 Å². The molecule has 0 aromatic carbocycles. The SMILES string of the molecule is CC(=O)OC(C[C@@H]1CC(OC(C)=[OH+])[C@H](n2c(=O)sc3c(=O)[nH]c(N)nc32)O1)OC(C)O. The molecular weight excluding hydrogens is 436 g/mol. The number of hydrogen-bond donors (Lipinski definition) is 3. The van der Waals surface area contributed by atoms with E-state index in [9.17, 15) is 24.3 Å². The van der Waals surface area contributed by atoms with Gasteiger partial charge in [0.1, 0.15) is 4.70 Å². The predicted octanol–water partition coefficient (Wildman–Crippen LogP) is -0.442. The normalized spacial score (nSPS) is 22.9. The molecule has 0 radical (unpaired) electrons. The van der Waals surface area contributed by atoms with E-state index in [1.807, 2.05) is 0 Å². The molecule has 1 saturated heterocycles. The molecule has 31 heavy (non-hydrogen) atoms. The molecular formula is C17H23N4O9S+. The number of nitrogens with zero attached hydrogens (tertiary/aromatic N) is 2. The van der Waals surface area contributed by atoms with Crippen molar-refractivity contribution >= 4 is 39.6 Å². The van der Waals surface area contributed by atoms with Crippen LogP contribution in [0.3, 0.4) is 0 Å². The van der Waals surface area contributed by atoms with Crippen molar-refractivity contribution in [1.82, 2.24) is 14.5 Å². The van der Waals surface area contributed by atoms with Crippen molar-refractivity contribution < 1.29 is 33.6 Å². The number of esters is 2. The number of aliphatic hydroxyl groups excluding tert-OH is 1. The van der Waals surface area contributed by atoms with E-state index >= 15 is 0 Å². The average Bonchev–Trinajstić information content (AvgIpc) is 3.13. The molecule has 0 aliphatic carbocycles. The van der Waals surface area contributed by atoms with Crippen LogP contribution in [-0.4, -0.2) is 61.2 Å². The number of rotatable bonds is 7. The number of nitrogens with two attached hydrogens (primary N) is 1. The highest BCUT2D eigenvalue weighted by atomic mass is 32.1. The van der Waals surface area contributed by atoms with Crippen LogP contribution in [-0.2, 0) is 23.7 Å². The Morgan fingerprint density at radius 2 is 2.19 bits per heavy atom. The van der Waals surface area contributed by atoms with E-state index < -0.39 is 47.4 Å². The van der Waals surface area contributed by atoms with E-state index in [0.717, 1.165) is 4.57 Å². The van der Waals surface area contributed by atoms with Crippen molar-refractivity contribution in [2.24, 2.45) is 0 Å². The Kier molecular flexibility index (Phi) is 6.74. The summed E-state index contributed by atoms with van der Waals surface area (Å²) in [5.74, 6) is -1.15. The quantitative estimate of drug-likeness (QED) is 0.278. The van der Waals surface area contributed by atoms with Crippen molar-refractivity contribution in [3.63, 3.8) is 0 Å². The zero-order valence-electron chi connectivity index (χ0n) is 16.9. The van der Waals surface area contributed by atoms with Crippen molar-refractivity contribution in [3.8, 4) is 0 Å². The number of carbonyl (C=O) groups is 1. The zero-order chi connectivity index (χ0) is 22.9. The smallest absolute Gasteiger partial charge is 0.436 e. The summed E-state index contributed by atoms with van der Waals surface area (Å²) < 4.78 is 22.8. The van der Waals surface area contributed by atoms with E-state index in [0.29, 0.717) is 11.3 Å². The van der Waals surface area contributed by atoms with Gasteiger partial charge in [-0.1, -0.05) is 11.3 Å². The topological polar surface area (TPSA) is 189 Å². The molecule has 0 bridgehead atoms. The lowest BCUT2D eigenvalue weighted by molar-refractivity contribution is -0.228. The molecule has 1 fully saturated rings. The molecule has 3 rings (SSSR count). The maximum Gasteiger partial charge on any atom is 0.479 e. The Hall–Kier alpha value is -2.81. The Labute approximate surface area is 178 Å². The zero-order valence-corrected chi connectivity index (χ0v) is 17.7. The van der Waals surface area contributed by atoms with E-state index in [1.54, 1.807) is 0 Å². The van der Waals surface area contributed by atoms with Gasteiger partial charge in [-0.15, -0.1) is 0 Å². The number of carbonyl (C=O) groups excluding carboxylic acids is 2. The van der Waals surface area contributed by atoms with E-state index in [4.69, 9.17) is 24.7 Å². The van der Waals surface area contributed by atoms with Crippen LogP contribution in [0.1, 0.15) is 39.8 Å². The highest BCUT2D eigenvalue weighted by Crippen LogP contribution is 2.35. The van der Waals surface area contributed by atoms with Gasteiger partial charge in [0, 0.05) is 19.8 Å². The number of aromatic amines is 1. The monoisotopic (exact) mass is 459 g/mol. The molecule has 0 spiro atoms. The third-order valence-corrected chi connectivity index (χ3v) is 5.26. The highest BCUT2D eigenvalue weighted by molar-refractivity contribution is 7.16. The minimum atomic E-state index is -1.20. The second-order valence-corrected chi connectivity index (χ2v) is 7.87. The van der Waals surface area contributed by atoms with Crippen LogP contribution < -0.4 is 16.2 Å². The Morgan fingerprint density at radius 3 is 2.81 bits per heavy atom. The van der Waals surface area contributed by atoms with Gasteiger partial charge in [-0.05, 0) is 6.92 Å². The van der Waals surface area contributed by atoms with Gasteiger partial charge in [-0.3, -0.25) is 19.4 Å². The third kappa shape index (κ3) is 5.28. The van der Waals surface area contributed by atoms with Crippen molar-refractivity contribution in [3.05, 3.63) is 20.0 Å². The fraction of sp³-hybridized carbons (Fsp3) is 0.588. The second-order valence-electron chi connectivity index (χ2n) is 6.91. The van der Waals surface area contributed by atoms with E-state index in [-0.39, 0.29) is 35.1 Å². The first-order chi connectivity index (χ1) is 14.5. The van der Waals surface area contributed by atoms with Gasteiger partial charge in [-0.2, -0.15) is 4.98 Å². The molecule has 170 valence electrons. The molecule has 1 aliphatic rings. The van der Waals surface area contributed by atoms with Crippen molar-refractivity contribution in [1.29, 1.82) is 0 Å². The van der Waals surface area contributed by atoms with E-state index in [2.05, 4.69) is 9.97 Å². The van der Waals surface area contributed by atoms with Gasteiger partial charge >= 0.3 is 16.8 Å². The molecule has 0 amide bonds. The summed E-state index contributed by atoms with van der Waals surface area (Å²) in [5.41, 5.74) is 5.07. The second kappa shape index (κ2) is 9.13. The minimum Gasteiger partial charge on any atom is -0.436 e. The standard InChI is InChI=1S/C17H22N4O9S/c1-6(22)27-10-4-9(5-11(28-7(2)23)29-8(3)24)30-15(10)21-13-12(31-17(21)26)14(25)20-16(18)19-13/h7,9-11,15,23H,4-5H2,1-3H3,(H3,18,19,20,25)/p+1/t7?,9-,10?,11?,15+/m0/s1. The first-order valence-electron chi connectivity index (χ1n) is 9.31. The number of aromatic nitrogens is 3. The largest absolute Gasteiger partial charge is 0.479 e. The molecule has 13 nitrogen and oxygen atoms in total. The Balaban J connectivity index is 1.94. The summed E-state index contributed by atoms with van der Waals surface area (Å²) in [6.07, 6.45) is -4.69. The van der Waals surface area contributed by atoms with Crippen LogP contribution in [0.25, 0.3) is 10.3 Å². The van der Waals surface area contributed by atoms with E-state index in [1.165, 1.54) is 20.8 Å². The van der Waals surface area contributed by atoms with Crippen molar-refractivity contribution in [2.45, 2.75) is 64.6 Å². The van der Waals surface area contributed by atoms with Gasteiger partial charge < -0.3 is 34.6 Å². The molecule has 5 atom stereocenters. The molecule has 0 saturated carbocycles. The number of ether oxygens (including phenoxy) is 4. The molecule has 2 aromatic rings. The van der Waals surface area contributed by atoms with Crippen LogP contribution in [0.2, 0.25) is 0 Å². The number of fused-ring (bicyclic) bond motifs is 1. The molecule has 3 unspecified atom stereocenters. The fourth-order valence-corrected chi connectivity index (χ4v) is 4.18. The number of hydrogen-bond acceptors (Lipinski definition) is 11. The van der Waals surface area contributed by atoms with Gasteiger partial charge in [0.05, 0.1) is 13.0 Å². The number of nitrogen functional groups attached to an aromatic ring is 1. The van der Waals surface area contributed by atoms with Crippen LogP contribution in [0, 0.1) is 0 Å². The number of thiazole rings is 1. The van der Waals surface area contributed by atoms with Crippen LogP contribution in [0.5, 0.6) is 0 Å². The molecule has 3 heterocycles. The minimum absolute atomic E-state index is 0.0122. The summed E-state index contributed by atoms with van der Waals surface area (Å²) in [4.78, 5) is 51.6. The highest BCUT2D eigenvalue weighted by Gasteiger charge is 2.46. The van der Waals surface area contributed by atoms with Gasteiger partial charge in [0.25, 0.3) is 5.56 Å². The van der Waals surface area contributed by atoms with Gasteiger partial charge in [0.15, 0.2) is 11.9 Å². The molecule has 5 N–H and O–H groups in total. The van der Waals surface area contributed by atoms with Gasteiger partial charge in [-0.25, -0.2) is 4.57 Å². The maximum atomic E-state index is 12.7. The maximum absolute atomic E-state index is 12.7. The van der Waals surface area contributed by atoms with Crippen LogP contribution in [0.15, 0.2) is 9.59 Å². The first-order valence-corrected chi connectivity index (χ1v) is 10.1. The molecule has 1 aliphatic heterocycles. The lowest BCUT2D eigenvalue weighted by Crippen LogP contribution is -2.30. The Morgan fingerprint density at radius 1 is 1.48 bits per heavy atom. The summed E-state index contributed by atoms with van der Waals surface area (Å²) in [6.45, 7) is 3.87. The summed E-state index contributed by atoms with van der Waals surface area (Å²) in [6, 6.07) is 0. The number of aliphatic hydroxyl groups is 1. The van der Waals surface area contributed by atoms with Crippen LogP contribution in [0.4, 0.5) is 5.95 Å². The summed E-state index contributed by atoms with van der Waals surface area (Å²) in [7, 11) is 0. The summed E-state index contributed by atoms with van der Waals surface area (Å²) >= 11 is 0.667. The van der Waals surface area contributed by atoms with Gasteiger partial charge in [0.2, 0.25) is 24.6 Å². The fourth-order valence-electron chi connectivity index (χ4n) is 3.34. The predicted molar refractivity (Wildman–Crippen MR) is 108 cm³/mol. The number of anilines is 1. The molecule has 14 heteroatoms. The third-order valence-electron chi connectivity index (χ3n) is 4.31. The Bertz CT molecular complexity index is 1090. The average molecular weight is 459 g/mol. The summed E-state index contributed by atoms with van der Waals surface area (Å²) in [5, 5.41) is 9.48. The number of nitrogens with one attached hydrogen (secondary N) is 1. The van der Waals surface area contributed by atoms with Crippen molar-refractivity contribution in [2.75, 3.05) is 5.73 Å². The number of H-pyrrole nitrogens is 1. The lowest BCUT2D eigenvalue weighted by atomic mass is 10.1. The first kappa shape index (κ1) is 22.9. The lowest BCUT2D eigenvalue weighted by Gasteiger charge is -2.22.